The van der Waals surface area contributed by atoms with Gasteiger partial charge in [0.1, 0.15) is 5.54 Å². The van der Waals surface area contributed by atoms with Crippen LogP contribution in [0.2, 0.25) is 0 Å². The third-order valence-corrected chi connectivity index (χ3v) is 4.15. The predicted molar refractivity (Wildman–Crippen MR) is 60.7 cm³/mol. The van der Waals surface area contributed by atoms with Gasteiger partial charge < -0.3 is 15.5 Å². The number of hydrogen-bond donors (Lipinski definition) is 3. The van der Waals surface area contributed by atoms with E-state index < -0.39 is 29.3 Å². The highest BCUT2D eigenvalue weighted by atomic mass is 16.4. The fourth-order valence-corrected chi connectivity index (χ4v) is 3.12. The molecule has 4 atom stereocenters. The summed E-state index contributed by atoms with van der Waals surface area (Å²) in [7, 11) is 0. The van der Waals surface area contributed by atoms with E-state index in [4.69, 9.17) is 5.11 Å². The number of carbonyl (C=O) groups is 3. The summed E-state index contributed by atoms with van der Waals surface area (Å²) in [4.78, 5) is 34.2. The van der Waals surface area contributed by atoms with E-state index in [1.807, 2.05) is 0 Å². The van der Waals surface area contributed by atoms with Crippen molar-refractivity contribution in [1.29, 1.82) is 0 Å². The maximum absolute atomic E-state index is 11.7. The van der Waals surface area contributed by atoms with Crippen LogP contribution in [0, 0.1) is 23.7 Å². The number of hydrogen-bond acceptors (Lipinski definition) is 3. The highest BCUT2D eigenvalue weighted by Crippen LogP contribution is 2.62. The second-order valence-electron chi connectivity index (χ2n) is 5.51. The van der Waals surface area contributed by atoms with Crippen molar-refractivity contribution >= 4 is 17.8 Å². The van der Waals surface area contributed by atoms with Gasteiger partial charge in [-0.15, -0.1) is 0 Å². The van der Waals surface area contributed by atoms with Crippen molar-refractivity contribution in [3.05, 3.63) is 0 Å². The van der Waals surface area contributed by atoms with Crippen molar-refractivity contribution in [3.8, 4) is 0 Å². The smallest absolute Gasteiger partial charge is 0.329 e. The Labute approximate surface area is 104 Å². The molecule has 2 fully saturated rings. The van der Waals surface area contributed by atoms with Gasteiger partial charge in [-0.3, -0.25) is 9.59 Å². The SMILES string of the molecule is CC(C)C(=O)N[C@@]1(C(=O)O)CC[C@H]2[C@H](C(=O)O)[C@H]21. The highest BCUT2D eigenvalue weighted by molar-refractivity contribution is 5.91. The van der Waals surface area contributed by atoms with Crippen molar-refractivity contribution in [2.24, 2.45) is 23.7 Å². The summed E-state index contributed by atoms with van der Waals surface area (Å²) in [6, 6.07) is 0. The zero-order chi connectivity index (χ0) is 13.7. The van der Waals surface area contributed by atoms with Gasteiger partial charge in [0, 0.05) is 11.8 Å². The number of carbonyl (C=O) groups excluding carboxylic acids is 1. The molecule has 2 aliphatic carbocycles. The Hall–Kier alpha value is -1.59. The molecule has 6 nitrogen and oxygen atoms in total. The number of amides is 1. The number of carboxylic acids is 2. The summed E-state index contributed by atoms with van der Waals surface area (Å²) in [5.74, 6) is -3.93. The quantitative estimate of drug-likeness (QED) is 0.671. The molecule has 0 saturated heterocycles. The van der Waals surface area contributed by atoms with Gasteiger partial charge in [0.25, 0.3) is 0 Å². The Bertz CT molecular complexity index is 419. The normalized spacial score (nSPS) is 37.2. The molecule has 2 aliphatic rings. The zero-order valence-corrected chi connectivity index (χ0v) is 10.3. The number of nitrogens with one attached hydrogen (secondary N) is 1. The molecule has 0 heterocycles. The van der Waals surface area contributed by atoms with E-state index in [0.717, 1.165) is 0 Å². The maximum Gasteiger partial charge on any atom is 0.329 e. The van der Waals surface area contributed by atoms with Crippen LogP contribution in [-0.2, 0) is 14.4 Å². The van der Waals surface area contributed by atoms with Crippen LogP contribution in [0.1, 0.15) is 26.7 Å². The zero-order valence-electron chi connectivity index (χ0n) is 10.3. The molecule has 0 unspecified atom stereocenters. The highest BCUT2D eigenvalue weighted by Gasteiger charge is 2.71. The van der Waals surface area contributed by atoms with Crippen LogP contribution in [0.25, 0.3) is 0 Å². The first-order valence-corrected chi connectivity index (χ1v) is 6.09. The van der Waals surface area contributed by atoms with Crippen LogP contribution in [0.4, 0.5) is 0 Å². The molecule has 2 rings (SSSR count). The van der Waals surface area contributed by atoms with Crippen molar-refractivity contribution in [2.45, 2.75) is 32.2 Å². The summed E-state index contributed by atoms with van der Waals surface area (Å²) >= 11 is 0. The lowest BCUT2D eigenvalue weighted by Gasteiger charge is -2.29. The van der Waals surface area contributed by atoms with Crippen molar-refractivity contribution < 1.29 is 24.6 Å². The monoisotopic (exact) mass is 255 g/mol. The van der Waals surface area contributed by atoms with E-state index in [2.05, 4.69) is 5.32 Å². The molecule has 0 spiro atoms. The van der Waals surface area contributed by atoms with Gasteiger partial charge in [0.15, 0.2) is 0 Å². The van der Waals surface area contributed by atoms with Crippen LogP contribution < -0.4 is 5.32 Å². The lowest BCUT2D eigenvalue weighted by molar-refractivity contribution is -0.150. The predicted octanol–water partition coefficient (Wildman–Crippen LogP) is 0.323. The molecule has 0 aromatic heterocycles. The first-order chi connectivity index (χ1) is 8.31. The Morgan fingerprint density at radius 2 is 1.89 bits per heavy atom. The molecular formula is C12H17NO5. The van der Waals surface area contributed by atoms with Crippen molar-refractivity contribution in [2.75, 3.05) is 0 Å². The Morgan fingerprint density at radius 3 is 2.28 bits per heavy atom. The number of aliphatic carboxylic acids is 2. The minimum atomic E-state index is -1.38. The van der Waals surface area contributed by atoms with Crippen LogP contribution >= 0.6 is 0 Å². The van der Waals surface area contributed by atoms with Gasteiger partial charge in [-0.2, -0.15) is 0 Å². The van der Waals surface area contributed by atoms with Crippen LogP contribution in [0.5, 0.6) is 0 Å². The van der Waals surface area contributed by atoms with Crippen molar-refractivity contribution in [1.82, 2.24) is 5.32 Å². The molecule has 0 aromatic carbocycles. The van der Waals surface area contributed by atoms with Crippen LogP contribution in [0.15, 0.2) is 0 Å². The molecule has 18 heavy (non-hydrogen) atoms. The topological polar surface area (TPSA) is 104 Å². The molecule has 3 N–H and O–H groups in total. The van der Waals surface area contributed by atoms with Gasteiger partial charge >= 0.3 is 11.9 Å². The van der Waals surface area contributed by atoms with Gasteiger partial charge in [0.2, 0.25) is 5.91 Å². The van der Waals surface area contributed by atoms with E-state index in [0.29, 0.717) is 12.8 Å². The lowest BCUT2D eigenvalue weighted by atomic mass is 9.89. The molecule has 1 amide bonds. The second kappa shape index (κ2) is 3.96. The molecular weight excluding hydrogens is 238 g/mol. The number of carboxylic acid groups (broad SMARTS) is 2. The molecule has 0 bridgehead atoms. The van der Waals surface area contributed by atoms with Gasteiger partial charge in [0.05, 0.1) is 5.92 Å². The maximum atomic E-state index is 11.7. The van der Waals surface area contributed by atoms with Crippen LogP contribution in [-0.4, -0.2) is 33.6 Å². The lowest BCUT2D eigenvalue weighted by Crippen LogP contribution is -2.56. The first kappa shape index (κ1) is 12.9. The minimum absolute atomic E-state index is 0.105. The van der Waals surface area contributed by atoms with E-state index in [9.17, 15) is 19.5 Å². The fourth-order valence-electron chi connectivity index (χ4n) is 3.12. The first-order valence-electron chi connectivity index (χ1n) is 6.09. The molecule has 0 radical (unpaired) electrons. The van der Waals surface area contributed by atoms with Crippen LogP contribution in [0.3, 0.4) is 0 Å². The Kier molecular flexibility index (Phi) is 2.83. The molecule has 2 saturated carbocycles. The summed E-state index contributed by atoms with van der Waals surface area (Å²) in [6.45, 7) is 3.36. The molecule has 6 heteroatoms. The van der Waals surface area contributed by atoms with E-state index >= 15 is 0 Å². The molecule has 0 aliphatic heterocycles. The minimum Gasteiger partial charge on any atom is -0.481 e. The summed E-state index contributed by atoms with van der Waals surface area (Å²) in [5.41, 5.74) is -1.38. The van der Waals surface area contributed by atoms with E-state index in [-0.39, 0.29) is 17.7 Å². The average molecular weight is 255 g/mol. The Balaban J connectivity index is 2.22. The van der Waals surface area contributed by atoms with Gasteiger partial charge in [-0.25, -0.2) is 4.79 Å². The van der Waals surface area contributed by atoms with E-state index in [1.54, 1.807) is 13.8 Å². The second-order valence-corrected chi connectivity index (χ2v) is 5.51. The number of rotatable bonds is 4. The summed E-state index contributed by atoms with van der Waals surface area (Å²) < 4.78 is 0. The summed E-state index contributed by atoms with van der Waals surface area (Å²) in [5, 5.41) is 21.0. The largest absolute Gasteiger partial charge is 0.481 e. The third-order valence-electron chi connectivity index (χ3n) is 4.15. The Morgan fingerprint density at radius 1 is 1.28 bits per heavy atom. The third kappa shape index (κ3) is 1.67. The standard InChI is InChI=1S/C12H17NO5/c1-5(2)9(14)13-12(11(17)18)4-3-6-7(8(6)12)10(15)16/h5-8H,3-4H2,1-2H3,(H,13,14)(H,15,16)(H,17,18)/t6-,7-,8-,12-/m0/s1. The molecule has 100 valence electrons. The summed E-state index contributed by atoms with van der Waals surface area (Å²) in [6.07, 6.45) is 0.867. The van der Waals surface area contributed by atoms with Crippen molar-refractivity contribution in [3.63, 3.8) is 0 Å². The molecule has 0 aromatic rings. The number of fused-ring (bicyclic) bond motifs is 1. The van der Waals surface area contributed by atoms with Gasteiger partial charge in [-0.05, 0) is 18.8 Å². The average Bonchev–Trinajstić information content (AvgIpc) is 2.89. The van der Waals surface area contributed by atoms with Gasteiger partial charge in [-0.1, -0.05) is 13.8 Å². The van der Waals surface area contributed by atoms with E-state index in [1.165, 1.54) is 0 Å². The fraction of sp³-hybridized carbons (Fsp3) is 0.750.